The van der Waals surface area contributed by atoms with Gasteiger partial charge in [0.2, 0.25) is 0 Å². The summed E-state index contributed by atoms with van der Waals surface area (Å²) in [6, 6.07) is 3.54. The van der Waals surface area contributed by atoms with E-state index in [1.54, 1.807) is 31.1 Å². The van der Waals surface area contributed by atoms with Crippen LogP contribution in [0.3, 0.4) is 0 Å². The zero-order chi connectivity index (χ0) is 13.6. The van der Waals surface area contributed by atoms with Crippen molar-refractivity contribution in [3.8, 4) is 0 Å². The van der Waals surface area contributed by atoms with Gasteiger partial charge in [-0.1, -0.05) is 0 Å². The van der Waals surface area contributed by atoms with E-state index < -0.39 is 5.60 Å². The minimum absolute atomic E-state index is 0.170. The third kappa shape index (κ3) is 5.14. The number of hydrogen-bond donors (Lipinski definition) is 2. The molecule has 0 aliphatic rings. The van der Waals surface area contributed by atoms with E-state index in [2.05, 4.69) is 10.3 Å². The topological polar surface area (TPSA) is 65.5 Å². The number of nitrogens with zero attached hydrogens (tertiary/aromatic N) is 2. The maximum atomic E-state index is 11.9. The van der Waals surface area contributed by atoms with E-state index in [0.29, 0.717) is 19.6 Å². The van der Waals surface area contributed by atoms with Crippen LogP contribution in [0.1, 0.15) is 26.3 Å². The van der Waals surface area contributed by atoms with Crippen LogP contribution in [0.2, 0.25) is 0 Å². The van der Waals surface area contributed by atoms with Crippen molar-refractivity contribution in [3.63, 3.8) is 0 Å². The predicted octanol–water partition coefficient (Wildman–Crippen LogP) is 1.38. The Bertz CT molecular complexity index is 374. The number of aliphatic hydroxyl groups is 1. The number of amides is 2. The molecule has 0 saturated heterocycles. The monoisotopic (exact) mass is 251 g/mol. The molecule has 5 nitrogen and oxygen atoms in total. The lowest BCUT2D eigenvalue weighted by atomic mass is 10.1. The second kappa shape index (κ2) is 6.35. The van der Waals surface area contributed by atoms with Crippen molar-refractivity contribution in [1.29, 1.82) is 0 Å². The average molecular weight is 251 g/mol. The van der Waals surface area contributed by atoms with Crippen LogP contribution in [-0.4, -0.2) is 39.7 Å². The second-order valence-electron chi connectivity index (χ2n) is 4.84. The Morgan fingerprint density at radius 1 is 1.44 bits per heavy atom. The Kier molecular flexibility index (Phi) is 5.09. The van der Waals surface area contributed by atoms with Crippen LogP contribution in [0.5, 0.6) is 0 Å². The Morgan fingerprint density at radius 2 is 2.06 bits per heavy atom. The standard InChI is InChI=1S/C13H21N3O2/c1-4-16(10-13(2,3)18)12(17)15-9-11-5-7-14-8-6-11/h5-8,18H,4,9-10H2,1-3H3,(H,15,17). The Hall–Kier alpha value is -1.62. The fourth-order valence-corrected chi connectivity index (χ4v) is 1.58. The van der Waals surface area contributed by atoms with E-state index in [-0.39, 0.29) is 6.03 Å². The fraction of sp³-hybridized carbons (Fsp3) is 0.538. The molecule has 1 heterocycles. The van der Waals surface area contributed by atoms with Crippen LogP contribution in [0.4, 0.5) is 4.79 Å². The minimum Gasteiger partial charge on any atom is -0.389 e. The van der Waals surface area contributed by atoms with Crippen molar-refractivity contribution in [2.75, 3.05) is 13.1 Å². The number of likely N-dealkylation sites (N-methyl/N-ethyl adjacent to an activating group) is 1. The zero-order valence-corrected chi connectivity index (χ0v) is 11.2. The SMILES string of the molecule is CCN(CC(C)(C)O)C(=O)NCc1ccncc1. The van der Waals surface area contributed by atoms with Crippen molar-refractivity contribution in [2.45, 2.75) is 32.9 Å². The first-order valence-electron chi connectivity index (χ1n) is 6.06. The van der Waals surface area contributed by atoms with Crippen LogP contribution in [-0.2, 0) is 6.54 Å². The predicted molar refractivity (Wildman–Crippen MR) is 70.0 cm³/mol. The molecule has 0 bridgehead atoms. The Balaban J connectivity index is 2.48. The molecule has 2 amide bonds. The molecule has 0 aliphatic heterocycles. The number of aromatic nitrogens is 1. The summed E-state index contributed by atoms with van der Waals surface area (Å²) in [4.78, 5) is 17.4. The van der Waals surface area contributed by atoms with Gasteiger partial charge < -0.3 is 15.3 Å². The first-order chi connectivity index (χ1) is 8.42. The summed E-state index contributed by atoms with van der Waals surface area (Å²) in [6.07, 6.45) is 3.38. The van der Waals surface area contributed by atoms with Crippen LogP contribution in [0, 0.1) is 0 Å². The molecule has 2 N–H and O–H groups in total. The van der Waals surface area contributed by atoms with Crippen molar-refractivity contribution >= 4 is 6.03 Å². The molecule has 0 fully saturated rings. The number of urea groups is 1. The van der Waals surface area contributed by atoms with Gasteiger partial charge in [0.25, 0.3) is 0 Å². The summed E-state index contributed by atoms with van der Waals surface area (Å²) < 4.78 is 0. The van der Waals surface area contributed by atoms with E-state index in [1.807, 2.05) is 19.1 Å². The van der Waals surface area contributed by atoms with Gasteiger partial charge in [0.1, 0.15) is 0 Å². The first kappa shape index (κ1) is 14.4. The second-order valence-corrected chi connectivity index (χ2v) is 4.84. The molecule has 5 heteroatoms. The molecule has 0 unspecified atom stereocenters. The first-order valence-corrected chi connectivity index (χ1v) is 6.06. The number of nitrogens with one attached hydrogen (secondary N) is 1. The normalized spacial score (nSPS) is 11.1. The summed E-state index contributed by atoms with van der Waals surface area (Å²) in [7, 11) is 0. The average Bonchev–Trinajstić information content (AvgIpc) is 2.33. The van der Waals surface area contributed by atoms with Gasteiger partial charge in [-0.2, -0.15) is 0 Å². The number of carbonyl (C=O) groups excluding carboxylic acids is 1. The maximum Gasteiger partial charge on any atom is 0.317 e. The summed E-state index contributed by atoms with van der Waals surface area (Å²) in [5.74, 6) is 0. The van der Waals surface area contributed by atoms with E-state index in [1.165, 1.54) is 0 Å². The van der Waals surface area contributed by atoms with Crippen molar-refractivity contribution in [3.05, 3.63) is 30.1 Å². The van der Waals surface area contributed by atoms with Crippen molar-refractivity contribution in [2.24, 2.45) is 0 Å². The molecule has 0 spiro atoms. The van der Waals surface area contributed by atoms with Crippen molar-refractivity contribution < 1.29 is 9.90 Å². The lowest BCUT2D eigenvalue weighted by molar-refractivity contribution is 0.0480. The van der Waals surface area contributed by atoms with Gasteiger partial charge in [0.05, 0.1) is 12.1 Å². The molecule has 18 heavy (non-hydrogen) atoms. The highest BCUT2D eigenvalue weighted by atomic mass is 16.3. The summed E-state index contributed by atoms with van der Waals surface area (Å²) in [6.45, 7) is 6.59. The molecule has 0 atom stereocenters. The summed E-state index contributed by atoms with van der Waals surface area (Å²) in [5, 5.41) is 12.5. The lowest BCUT2D eigenvalue weighted by Gasteiger charge is -2.28. The van der Waals surface area contributed by atoms with Gasteiger partial charge in [-0.25, -0.2) is 4.79 Å². The number of hydrogen-bond acceptors (Lipinski definition) is 3. The molecular weight excluding hydrogens is 230 g/mol. The zero-order valence-electron chi connectivity index (χ0n) is 11.2. The maximum absolute atomic E-state index is 11.9. The van der Waals surface area contributed by atoms with Gasteiger partial charge in [-0.05, 0) is 38.5 Å². The Morgan fingerprint density at radius 3 is 2.56 bits per heavy atom. The molecule has 0 saturated carbocycles. The molecule has 1 aromatic rings. The van der Waals surface area contributed by atoms with Gasteiger partial charge >= 0.3 is 6.03 Å². The van der Waals surface area contributed by atoms with E-state index in [9.17, 15) is 9.90 Å². The molecule has 0 aliphatic carbocycles. The third-order valence-corrected chi connectivity index (χ3v) is 2.44. The molecule has 1 aromatic heterocycles. The molecule has 100 valence electrons. The highest BCUT2D eigenvalue weighted by Gasteiger charge is 2.20. The molecule has 0 aromatic carbocycles. The minimum atomic E-state index is -0.885. The Labute approximate surface area is 108 Å². The molecule has 1 rings (SSSR count). The van der Waals surface area contributed by atoms with Crippen molar-refractivity contribution in [1.82, 2.24) is 15.2 Å². The number of rotatable bonds is 5. The fourth-order valence-electron chi connectivity index (χ4n) is 1.58. The van der Waals surface area contributed by atoms with E-state index in [0.717, 1.165) is 5.56 Å². The van der Waals surface area contributed by atoms with Gasteiger partial charge in [-0.15, -0.1) is 0 Å². The number of pyridine rings is 1. The quantitative estimate of drug-likeness (QED) is 0.831. The highest BCUT2D eigenvalue weighted by molar-refractivity contribution is 5.74. The number of carbonyl (C=O) groups is 1. The smallest absolute Gasteiger partial charge is 0.317 e. The summed E-state index contributed by atoms with van der Waals surface area (Å²) >= 11 is 0. The third-order valence-electron chi connectivity index (χ3n) is 2.44. The molecule has 0 radical (unpaired) electrons. The largest absolute Gasteiger partial charge is 0.389 e. The van der Waals surface area contributed by atoms with Crippen LogP contribution >= 0.6 is 0 Å². The van der Waals surface area contributed by atoms with Gasteiger partial charge in [-0.3, -0.25) is 4.98 Å². The highest BCUT2D eigenvalue weighted by Crippen LogP contribution is 2.05. The summed E-state index contributed by atoms with van der Waals surface area (Å²) in [5.41, 5.74) is 0.113. The van der Waals surface area contributed by atoms with Crippen LogP contribution < -0.4 is 5.32 Å². The molecular formula is C13H21N3O2. The van der Waals surface area contributed by atoms with Crippen LogP contribution in [0.15, 0.2) is 24.5 Å². The van der Waals surface area contributed by atoms with Gasteiger partial charge in [0.15, 0.2) is 0 Å². The lowest BCUT2D eigenvalue weighted by Crippen LogP contribution is -2.46. The van der Waals surface area contributed by atoms with Crippen LogP contribution in [0.25, 0.3) is 0 Å². The van der Waals surface area contributed by atoms with Gasteiger partial charge in [0, 0.05) is 25.5 Å². The van der Waals surface area contributed by atoms with E-state index >= 15 is 0 Å². The van der Waals surface area contributed by atoms with E-state index in [4.69, 9.17) is 0 Å².